The van der Waals surface area contributed by atoms with E-state index < -0.39 is 0 Å². The minimum Gasteiger partial charge on any atom is -0.341 e. The normalized spacial score (nSPS) is 12.5. The molecule has 2 nitrogen and oxygen atoms in total. The topological polar surface area (TPSA) is 6.48 Å². The van der Waals surface area contributed by atoms with Crippen LogP contribution < -0.4 is 9.80 Å². The van der Waals surface area contributed by atoms with Gasteiger partial charge < -0.3 is 9.80 Å². The van der Waals surface area contributed by atoms with Crippen molar-refractivity contribution in [2.75, 3.05) is 16.8 Å². The van der Waals surface area contributed by atoms with Gasteiger partial charge in [-0.1, -0.05) is 66.7 Å². The molecule has 1 heterocycles. The minimum atomic E-state index is 1.17. The molecular weight excluding hydrogens is 328 g/mol. The van der Waals surface area contributed by atoms with Crippen molar-refractivity contribution in [3.63, 3.8) is 0 Å². The van der Waals surface area contributed by atoms with Gasteiger partial charge in [0.25, 0.3) is 0 Å². The van der Waals surface area contributed by atoms with Crippen molar-refractivity contribution in [2.45, 2.75) is 0 Å². The van der Waals surface area contributed by atoms with Gasteiger partial charge in [-0.05, 0) is 47.5 Å². The molecule has 0 N–H and O–H groups in total. The van der Waals surface area contributed by atoms with Crippen molar-refractivity contribution >= 4 is 28.4 Å². The third-order valence-electron chi connectivity index (χ3n) is 5.20. The maximum atomic E-state index is 2.35. The fourth-order valence-corrected chi connectivity index (χ4v) is 3.85. The van der Waals surface area contributed by atoms with Crippen LogP contribution in [0.5, 0.6) is 0 Å². The standard InChI is InChI=1S/C25H20N2/c1-26-22-11-5-7-13-24(22)27(25-14-8-6-12-23(25)26)21-17-15-20(16-18-21)19-9-3-2-4-10-19/h2-18H,1H3. The first-order valence-electron chi connectivity index (χ1n) is 9.20. The summed E-state index contributed by atoms with van der Waals surface area (Å²) >= 11 is 0. The summed E-state index contributed by atoms with van der Waals surface area (Å²) in [6, 6.07) is 36.5. The maximum Gasteiger partial charge on any atom is 0.0699 e. The van der Waals surface area contributed by atoms with Gasteiger partial charge in [-0.25, -0.2) is 0 Å². The monoisotopic (exact) mass is 348 g/mol. The number of hydrogen-bond acceptors (Lipinski definition) is 2. The highest BCUT2D eigenvalue weighted by Gasteiger charge is 2.26. The van der Waals surface area contributed by atoms with E-state index in [0.29, 0.717) is 0 Å². The molecule has 0 fully saturated rings. The van der Waals surface area contributed by atoms with Crippen LogP contribution in [0, 0.1) is 0 Å². The largest absolute Gasteiger partial charge is 0.341 e. The first-order chi connectivity index (χ1) is 13.3. The second-order valence-corrected chi connectivity index (χ2v) is 6.78. The summed E-state index contributed by atoms with van der Waals surface area (Å²) in [7, 11) is 2.13. The fourth-order valence-electron chi connectivity index (χ4n) is 3.85. The van der Waals surface area contributed by atoms with Gasteiger partial charge in [0.1, 0.15) is 0 Å². The Kier molecular flexibility index (Phi) is 3.68. The van der Waals surface area contributed by atoms with E-state index in [1.165, 1.54) is 39.6 Å². The molecule has 4 aromatic carbocycles. The first-order valence-corrected chi connectivity index (χ1v) is 9.20. The lowest BCUT2D eigenvalue weighted by Crippen LogP contribution is -2.23. The Hall–Kier alpha value is -3.52. The second-order valence-electron chi connectivity index (χ2n) is 6.78. The Bertz CT molecular complexity index is 1040. The Morgan fingerprint density at radius 2 is 0.889 bits per heavy atom. The summed E-state index contributed by atoms with van der Waals surface area (Å²) in [6.45, 7) is 0. The highest BCUT2D eigenvalue weighted by Crippen LogP contribution is 2.50. The van der Waals surface area contributed by atoms with E-state index in [4.69, 9.17) is 0 Å². The van der Waals surface area contributed by atoms with Crippen LogP contribution in [0.15, 0.2) is 103 Å². The Morgan fingerprint density at radius 1 is 0.444 bits per heavy atom. The van der Waals surface area contributed by atoms with Crippen LogP contribution in [-0.4, -0.2) is 7.05 Å². The molecule has 0 amide bonds. The highest BCUT2D eigenvalue weighted by atomic mass is 15.3. The molecule has 0 aliphatic carbocycles. The van der Waals surface area contributed by atoms with Crippen molar-refractivity contribution in [3.05, 3.63) is 103 Å². The summed E-state index contributed by atoms with van der Waals surface area (Å²) < 4.78 is 0. The fraction of sp³-hybridized carbons (Fsp3) is 0.0400. The van der Waals surface area contributed by atoms with Crippen LogP contribution >= 0.6 is 0 Å². The lowest BCUT2D eigenvalue weighted by molar-refractivity contribution is 1.13. The van der Waals surface area contributed by atoms with E-state index in [9.17, 15) is 0 Å². The molecule has 5 rings (SSSR count). The number of hydrogen-bond donors (Lipinski definition) is 0. The minimum absolute atomic E-state index is 1.17. The maximum absolute atomic E-state index is 2.35. The lowest BCUT2D eigenvalue weighted by Gasteiger charge is -2.38. The van der Waals surface area contributed by atoms with Crippen LogP contribution in [0.4, 0.5) is 28.4 Å². The Morgan fingerprint density at radius 3 is 1.44 bits per heavy atom. The predicted molar refractivity (Wildman–Crippen MR) is 115 cm³/mol. The lowest BCUT2D eigenvalue weighted by atomic mass is 10.0. The molecule has 0 unspecified atom stereocenters. The number of rotatable bonds is 2. The van der Waals surface area contributed by atoms with Gasteiger partial charge in [0.2, 0.25) is 0 Å². The first kappa shape index (κ1) is 15.7. The predicted octanol–water partition coefficient (Wildman–Crippen LogP) is 6.90. The molecule has 27 heavy (non-hydrogen) atoms. The van der Waals surface area contributed by atoms with E-state index in [-0.39, 0.29) is 0 Å². The van der Waals surface area contributed by atoms with E-state index in [1.807, 2.05) is 0 Å². The summed E-state index contributed by atoms with van der Waals surface area (Å²) in [5.41, 5.74) is 8.46. The zero-order valence-electron chi connectivity index (χ0n) is 15.2. The van der Waals surface area contributed by atoms with Crippen molar-refractivity contribution in [3.8, 4) is 11.1 Å². The molecule has 4 aromatic rings. The quantitative estimate of drug-likeness (QED) is 0.388. The zero-order chi connectivity index (χ0) is 18.2. The molecule has 1 aliphatic heterocycles. The smallest absolute Gasteiger partial charge is 0.0699 e. The van der Waals surface area contributed by atoms with Crippen LogP contribution in [0.3, 0.4) is 0 Å². The third kappa shape index (κ3) is 2.58. The van der Waals surface area contributed by atoms with Gasteiger partial charge in [-0.3, -0.25) is 0 Å². The number of fused-ring (bicyclic) bond motifs is 2. The molecule has 0 spiro atoms. The van der Waals surface area contributed by atoms with Crippen molar-refractivity contribution in [1.82, 2.24) is 0 Å². The molecule has 0 atom stereocenters. The summed E-state index contributed by atoms with van der Waals surface area (Å²) in [5.74, 6) is 0. The van der Waals surface area contributed by atoms with Gasteiger partial charge in [0, 0.05) is 12.7 Å². The number of nitrogens with zero attached hydrogens (tertiary/aromatic N) is 2. The summed E-state index contributed by atoms with van der Waals surface area (Å²) in [5, 5.41) is 0. The average molecular weight is 348 g/mol. The van der Waals surface area contributed by atoms with Gasteiger partial charge >= 0.3 is 0 Å². The molecule has 130 valence electrons. The van der Waals surface area contributed by atoms with Gasteiger partial charge in [0.05, 0.1) is 22.7 Å². The van der Waals surface area contributed by atoms with Gasteiger partial charge in [-0.2, -0.15) is 0 Å². The highest BCUT2D eigenvalue weighted by molar-refractivity contribution is 5.97. The van der Waals surface area contributed by atoms with Crippen LogP contribution in [-0.2, 0) is 0 Å². The average Bonchev–Trinajstić information content (AvgIpc) is 2.75. The molecule has 0 saturated heterocycles. The number of para-hydroxylation sites is 4. The summed E-state index contributed by atoms with van der Waals surface area (Å²) in [6.07, 6.45) is 0. The van der Waals surface area contributed by atoms with E-state index in [0.717, 1.165) is 0 Å². The molecule has 1 aliphatic rings. The zero-order valence-corrected chi connectivity index (χ0v) is 15.2. The van der Waals surface area contributed by atoms with Crippen LogP contribution in [0.1, 0.15) is 0 Å². The van der Waals surface area contributed by atoms with E-state index in [2.05, 4.69) is 120 Å². The molecular formula is C25H20N2. The van der Waals surface area contributed by atoms with Gasteiger partial charge in [0.15, 0.2) is 0 Å². The molecule has 0 saturated carbocycles. The van der Waals surface area contributed by atoms with Gasteiger partial charge in [-0.15, -0.1) is 0 Å². The van der Waals surface area contributed by atoms with Crippen LogP contribution in [0.25, 0.3) is 11.1 Å². The number of benzene rings is 4. The second kappa shape index (κ2) is 6.33. The van der Waals surface area contributed by atoms with Crippen LogP contribution in [0.2, 0.25) is 0 Å². The SMILES string of the molecule is CN1c2ccccc2N(c2ccc(-c3ccccc3)cc2)c2ccccc21. The number of anilines is 5. The summed E-state index contributed by atoms with van der Waals surface area (Å²) in [4.78, 5) is 4.61. The van der Waals surface area contributed by atoms with E-state index >= 15 is 0 Å². The molecule has 0 bridgehead atoms. The Balaban J connectivity index is 1.64. The van der Waals surface area contributed by atoms with E-state index in [1.54, 1.807) is 0 Å². The Labute approximate surface area is 159 Å². The third-order valence-corrected chi connectivity index (χ3v) is 5.20. The molecule has 0 radical (unpaired) electrons. The molecule has 0 aromatic heterocycles. The van der Waals surface area contributed by atoms with Crippen molar-refractivity contribution in [2.24, 2.45) is 0 Å². The van der Waals surface area contributed by atoms with Crippen molar-refractivity contribution in [1.29, 1.82) is 0 Å². The molecule has 2 heteroatoms. The van der Waals surface area contributed by atoms with Crippen molar-refractivity contribution < 1.29 is 0 Å².